The summed E-state index contributed by atoms with van der Waals surface area (Å²) in [5.74, 6) is 2.68. The zero-order valence-electron chi connectivity index (χ0n) is 20.2. The standard InChI is InChI=1S/C28H41NO2/c1-7-30-21(3)14-15-29-19-22-8-9-23-18-26(16-20(2)27(23)17-22)31-25-12-10-24(11-13-25)28(4,5)6/h8-9,16-18,24-25,29H,3,7,10-15,19H2,1-2,4-6H3. The predicted molar refractivity (Wildman–Crippen MR) is 132 cm³/mol. The quantitative estimate of drug-likeness (QED) is 0.343. The van der Waals surface area contributed by atoms with Crippen LogP contribution in [0.3, 0.4) is 0 Å². The Morgan fingerprint density at radius 3 is 2.52 bits per heavy atom. The van der Waals surface area contributed by atoms with Crippen molar-refractivity contribution in [3.05, 3.63) is 53.8 Å². The fourth-order valence-corrected chi connectivity index (χ4v) is 4.71. The highest BCUT2D eigenvalue weighted by Crippen LogP contribution is 2.39. The topological polar surface area (TPSA) is 30.5 Å². The molecule has 0 unspecified atom stereocenters. The van der Waals surface area contributed by atoms with Gasteiger partial charge in [-0.05, 0) is 91.0 Å². The predicted octanol–water partition coefficient (Wildman–Crippen LogP) is 7.16. The van der Waals surface area contributed by atoms with E-state index in [4.69, 9.17) is 9.47 Å². The fraction of sp³-hybridized carbons (Fsp3) is 0.571. The van der Waals surface area contributed by atoms with Gasteiger partial charge in [0.25, 0.3) is 0 Å². The first-order valence-corrected chi connectivity index (χ1v) is 12.0. The summed E-state index contributed by atoms with van der Waals surface area (Å²) in [7, 11) is 0. The second-order valence-corrected chi connectivity index (χ2v) is 10.2. The Hall–Kier alpha value is -2.00. The molecule has 1 N–H and O–H groups in total. The fourth-order valence-electron chi connectivity index (χ4n) is 4.71. The molecule has 0 aliphatic heterocycles. The number of ether oxygens (including phenoxy) is 2. The van der Waals surface area contributed by atoms with Gasteiger partial charge in [0.05, 0.1) is 18.5 Å². The molecule has 1 aliphatic rings. The minimum absolute atomic E-state index is 0.352. The van der Waals surface area contributed by atoms with Crippen LogP contribution in [0.1, 0.15) is 70.9 Å². The molecule has 2 aromatic rings. The Bertz CT molecular complexity index is 872. The molecule has 3 rings (SSSR count). The smallest absolute Gasteiger partial charge is 0.120 e. The van der Waals surface area contributed by atoms with Crippen LogP contribution in [-0.4, -0.2) is 19.3 Å². The van der Waals surface area contributed by atoms with Gasteiger partial charge in [-0.25, -0.2) is 0 Å². The number of rotatable bonds is 9. The molecule has 0 spiro atoms. The summed E-state index contributed by atoms with van der Waals surface area (Å²) in [6.45, 7) is 17.6. The molecule has 3 nitrogen and oxygen atoms in total. The average Bonchev–Trinajstić information content (AvgIpc) is 2.71. The molecule has 0 heterocycles. The van der Waals surface area contributed by atoms with E-state index in [1.54, 1.807) is 0 Å². The summed E-state index contributed by atoms with van der Waals surface area (Å²) in [5.41, 5.74) is 2.99. The van der Waals surface area contributed by atoms with E-state index in [2.05, 4.69) is 69.9 Å². The van der Waals surface area contributed by atoms with Gasteiger partial charge in [0.15, 0.2) is 0 Å². The minimum Gasteiger partial charge on any atom is -0.499 e. The molecule has 0 amide bonds. The maximum atomic E-state index is 6.42. The van der Waals surface area contributed by atoms with E-state index in [1.165, 1.54) is 47.6 Å². The van der Waals surface area contributed by atoms with Crippen LogP contribution in [0.5, 0.6) is 5.75 Å². The molecule has 3 heteroatoms. The lowest BCUT2D eigenvalue weighted by molar-refractivity contribution is 0.0883. The molecule has 0 bridgehead atoms. The summed E-state index contributed by atoms with van der Waals surface area (Å²) >= 11 is 0. The van der Waals surface area contributed by atoms with Gasteiger partial charge >= 0.3 is 0 Å². The molecule has 1 saturated carbocycles. The van der Waals surface area contributed by atoms with Gasteiger partial charge in [0, 0.05) is 19.5 Å². The van der Waals surface area contributed by atoms with Crippen molar-refractivity contribution in [3.8, 4) is 5.75 Å². The zero-order chi connectivity index (χ0) is 22.4. The van der Waals surface area contributed by atoms with Crippen molar-refractivity contribution in [1.82, 2.24) is 5.32 Å². The summed E-state index contributed by atoms with van der Waals surface area (Å²) < 4.78 is 11.8. The first-order chi connectivity index (χ1) is 14.8. The van der Waals surface area contributed by atoms with Crippen LogP contribution >= 0.6 is 0 Å². The average molecular weight is 424 g/mol. The minimum atomic E-state index is 0.352. The van der Waals surface area contributed by atoms with Crippen molar-refractivity contribution in [1.29, 1.82) is 0 Å². The number of fused-ring (bicyclic) bond motifs is 1. The van der Waals surface area contributed by atoms with Crippen LogP contribution < -0.4 is 10.1 Å². The van der Waals surface area contributed by atoms with Crippen LogP contribution in [0.4, 0.5) is 0 Å². The molecule has 0 atom stereocenters. The van der Waals surface area contributed by atoms with Gasteiger partial charge in [-0.15, -0.1) is 0 Å². The van der Waals surface area contributed by atoms with Crippen molar-refractivity contribution < 1.29 is 9.47 Å². The maximum Gasteiger partial charge on any atom is 0.120 e. The maximum absolute atomic E-state index is 6.42. The Balaban J connectivity index is 1.57. The van der Waals surface area contributed by atoms with Gasteiger partial charge in [-0.3, -0.25) is 0 Å². The van der Waals surface area contributed by atoms with Crippen molar-refractivity contribution in [2.75, 3.05) is 13.2 Å². The van der Waals surface area contributed by atoms with Gasteiger partial charge in [-0.2, -0.15) is 0 Å². The Kier molecular flexibility index (Phi) is 8.05. The van der Waals surface area contributed by atoms with E-state index in [0.29, 0.717) is 18.1 Å². The summed E-state index contributed by atoms with van der Waals surface area (Å²) in [4.78, 5) is 0. The number of hydrogen-bond acceptors (Lipinski definition) is 3. The van der Waals surface area contributed by atoms with Gasteiger partial charge in [0.2, 0.25) is 0 Å². The zero-order valence-corrected chi connectivity index (χ0v) is 20.2. The highest BCUT2D eigenvalue weighted by molar-refractivity contribution is 5.87. The number of benzene rings is 2. The lowest BCUT2D eigenvalue weighted by Gasteiger charge is -2.37. The molecule has 2 aromatic carbocycles. The van der Waals surface area contributed by atoms with E-state index in [1.807, 2.05) is 6.92 Å². The summed E-state index contributed by atoms with van der Waals surface area (Å²) in [6, 6.07) is 11.2. The third-order valence-electron chi connectivity index (χ3n) is 6.66. The number of hydrogen-bond donors (Lipinski definition) is 1. The van der Waals surface area contributed by atoms with Gasteiger partial charge < -0.3 is 14.8 Å². The highest BCUT2D eigenvalue weighted by Gasteiger charge is 2.30. The molecular weight excluding hydrogens is 382 g/mol. The van der Waals surface area contributed by atoms with Crippen molar-refractivity contribution >= 4 is 10.8 Å². The third-order valence-corrected chi connectivity index (χ3v) is 6.66. The molecule has 0 radical (unpaired) electrons. The van der Waals surface area contributed by atoms with Crippen molar-refractivity contribution in [2.24, 2.45) is 11.3 Å². The van der Waals surface area contributed by atoms with Crippen LogP contribution in [0, 0.1) is 18.3 Å². The first kappa shape index (κ1) is 23.7. The lowest BCUT2D eigenvalue weighted by Crippen LogP contribution is -2.30. The highest BCUT2D eigenvalue weighted by atomic mass is 16.5. The second kappa shape index (κ2) is 10.5. The van der Waals surface area contributed by atoms with Crippen molar-refractivity contribution in [2.45, 2.75) is 79.4 Å². The largest absolute Gasteiger partial charge is 0.499 e. The molecule has 170 valence electrons. The van der Waals surface area contributed by atoms with Crippen LogP contribution in [0.25, 0.3) is 10.8 Å². The van der Waals surface area contributed by atoms with Crippen LogP contribution in [0.15, 0.2) is 42.7 Å². The molecule has 1 aliphatic carbocycles. The van der Waals surface area contributed by atoms with E-state index >= 15 is 0 Å². The summed E-state index contributed by atoms with van der Waals surface area (Å²) in [6.07, 6.45) is 6.08. The van der Waals surface area contributed by atoms with E-state index < -0.39 is 0 Å². The first-order valence-electron chi connectivity index (χ1n) is 12.0. The Morgan fingerprint density at radius 1 is 1.10 bits per heavy atom. The van der Waals surface area contributed by atoms with Crippen LogP contribution in [0.2, 0.25) is 0 Å². The van der Waals surface area contributed by atoms with E-state index in [0.717, 1.165) is 36.9 Å². The molecule has 0 saturated heterocycles. The molecular formula is C28H41NO2. The SMILES string of the molecule is C=C(CCNCc1ccc2cc(OC3CCC(C(C)(C)C)CC3)cc(C)c2c1)OCC. The van der Waals surface area contributed by atoms with E-state index in [9.17, 15) is 0 Å². The van der Waals surface area contributed by atoms with Gasteiger partial charge in [0.1, 0.15) is 5.75 Å². The Morgan fingerprint density at radius 2 is 1.84 bits per heavy atom. The van der Waals surface area contributed by atoms with Gasteiger partial charge in [-0.1, -0.05) is 39.5 Å². The molecule has 1 fully saturated rings. The Labute approximate surface area is 189 Å². The number of aryl methyl sites for hydroxylation is 1. The lowest BCUT2D eigenvalue weighted by atomic mass is 9.72. The molecule has 31 heavy (non-hydrogen) atoms. The molecule has 0 aromatic heterocycles. The third kappa shape index (κ3) is 6.74. The summed E-state index contributed by atoms with van der Waals surface area (Å²) in [5, 5.41) is 6.05. The monoisotopic (exact) mass is 423 g/mol. The van der Waals surface area contributed by atoms with Crippen molar-refractivity contribution in [3.63, 3.8) is 0 Å². The number of nitrogens with one attached hydrogen (secondary N) is 1. The second-order valence-electron chi connectivity index (χ2n) is 10.2. The van der Waals surface area contributed by atoms with E-state index in [-0.39, 0.29) is 0 Å². The van der Waals surface area contributed by atoms with Crippen LogP contribution in [-0.2, 0) is 11.3 Å². The normalized spacial score (nSPS) is 19.4.